The maximum absolute atomic E-state index is 12.5. The van der Waals surface area contributed by atoms with E-state index >= 15 is 0 Å². The van der Waals surface area contributed by atoms with E-state index < -0.39 is 5.97 Å². The minimum Gasteiger partial charge on any atom is -0.484 e. The largest absolute Gasteiger partial charge is 0.484 e. The number of halogens is 1. The van der Waals surface area contributed by atoms with Crippen LogP contribution in [0.25, 0.3) is 0 Å². The van der Waals surface area contributed by atoms with Gasteiger partial charge in [0.15, 0.2) is 6.61 Å². The van der Waals surface area contributed by atoms with Gasteiger partial charge in [0.2, 0.25) is 0 Å². The highest BCUT2D eigenvalue weighted by Crippen LogP contribution is 2.37. The fourth-order valence-corrected chi connectivity index (χ4v) is 4.92. The molecule has 1 aromatic carbocycles. The van der Waals surface area contributed by atoms with E-state index in [9.17, 15) is 9.59 Å². The number of esters is 1. The number of methoxy groups -OCH3 is 1. The minimum atomic E-state index is -0.406. The summed E-state index contributed by atoms with van der Waals surface area (Å²) in [5.74, 6) is 0.384. The molecule has 0 saturated carbocycles. The van der Waals surface area contributed by atoms with Crippen LogP contribution < -0.4 is 10.1 Å². The molecule has 2 aromatic rings. The fraction of sp³-hybridized carbons (Fsp3) is 0.478. The lowest BCUT2D eigenvalue weighted by molar-refractivity contribution is -0.118. The van der Waals surface area contributed by atoms with Crippen LogP contribution in [0.1, 0.15) is 59.5 Å². The molecule has 0 aliphatic carbocycles. The van der Waals surface area contributed by atoms with Crippen molar-refractivity contribution in [3.8, 4) is 5.75 Å². The van der Waals surface area contributed by atoms with Crippen LogP contribution in [-0.2, 0) is 22.5 Å². The van der Waals surface area contributed by atoms with Gasteiger partial charge in [0, 0.05) is 18.0 Å². The Hall–Kier alpha value is -2.09. The van der Waals surface area contributed by atoms with E-state index in [-0.39, 0.29) is 24.9 Å². The van der Waals surface area contributed by atoms with Crippen LogP contribution >= 0.6 is 23.7 Å². The van der Waals surface area contributed by atoms with E-state index in [1.165, 1.54) is 24.0 Å². The number of nitrogens with one attached hydrogen (secondary N) is 1. The Labute approximate surface area is 194 Å². The zero-order valence-corrected chi connectivity index (χ0v) is 20.2. The molecule has 0 unspecified atom stereocenters. The Bertz CT molecular complexity index is 896. The molecule has 1 aliphatic heterocycles. The van der Waals surface area contributed by atoms with E-state index in [2.05, 4.69) is 31.0 Å². The van der Waals surface area contributed by atoms with Gasteiger partial charge >= 0.3 is 5.97 Å². The predicted molar refractivity (Wildman–Crippen MR) is 127 cm³/mol. The zero-order valence-electron chi connectivity index (χ0n) is 18.5. The number of amides is 1. The van der Waals surface area contributed by atoms with Gasteiger partial charge in [0.05, 0.1) is 12.7 Å². The number of fused-ring (bicyclic) bond motifs is 1. The first kappa shape index (κ1) is 25.2. The normalized spacial score (nSPS) is 13.3. The Morgan fingerprint density at radius 3 is 2.55 bits per heavy atom. The van der Waals surface area contributed by atoms with Crippen LogP contribution in [-0.4, -0.2) is 43.6 Å². The monoisotopic (exact) mass is 466 g/mol. The molecule has 0 saturated heterocycles. The third-order valence-corrected chi connectivity index (χ3v) is 6.37. The highest BCUT2D eigenvalue weighted by atomic mass is 35.5. The molecule has 8 heteroatoms. The zero-order chi connectivity index (χ0) is 21.7. The molecule has 0 radical (unpaired) electrons. The van der Waals surface area contributed by atoms with Crippen molar-refractivity contribution in [1.82, 2.24) is 4.90 Å². The van der Waals surface area contributed by atoms with Gasteiger partial charge < -0.3 is 14.8 Å². The van der Waals surface area contributed by atoms with Crippen LogP contribution in [0.2, 0.25) is 0 Å². The molecule has 0 spiro atoms. The number of benzene rings is 1. The maximum atomic E-state index is 12.5. The van der Waals surface area contributed by atoms with Crippen molar-refractivity contribution in [2.45, 2.75) is 46.1 Å². The Morgan fingerprint density at radius 2 is 1.94 bits per heavy atom. The summed E-state index contributed by atoms with van der Waals surface area (Å²) < 4.78 is 10.6. The molecule has 2 heterocycles. The second-order valence-corrected chi connectivity index (χ2v) is 8.89. The van der Waals surface area contributed by atoms with Crippen LogP contribution in [0.5, 0.6) is 5.75 Å². The number of carbonyl (C=O) groups excluding carboxylic acids is 2. The maximum Gasteiger partial charge on any atom is 0.341 e. The lowest BCUT2D eigenvalue weighted by atomic mass is 10.0. The Balaban J connectivity index is 0.00000341. The first-order valence-electron chi connectivity index (χ1n) is 10.4. The van der Waals surface area contributed by atoms with Crippen molar-refractivity contribution in [2.24, 2.45) is 0 Å². The summed E-state index contributed by atoms with van der Waals surface area (Å²) >= 11 is 1.46. The van der Waals surface area contributed by atoms with Crippen molar-refractivity contribution in [1.29, 1.82) is 0 Å². The molecule has 1 amide bonds. The van der Waals surface area contributed by atoms with Crippen LogP contribution in [0.3, 0.4) is 0 Å². The minimum absolute atomic E-state index is 0. The van der Waals surface area contributed by atoms with Crippen LogP contribution in [0.15, 0.2) is 24.3 Å². The molecule has 0 atom stereocenters. The number of hydrogen-bond donors (Lipinski definition) is 1. The summed E-state index contributed by atoms with van der Waals surface area (Å²) in [5, 5.41) is 3.41. The van der Waals surface area contributed by atoms with E-state index in [0.29, 0.717) is 22.2 Å². The molecule has 0 fully saturated rings. The smallest absolute Gasteiger partial charge is 0.341 e. The standard InChI is InChI=1S/C23H30N2O4S.ClH/c1-5-11-25-12-10-18-19(13-25)30-22(21(18)23(27)28-4)24-20(26)14-29-17-8-6-16(7-9-17)15(2)3;/h6-9,15H,5,10-14H2,1-4H3,(H,24,26);1H. The summed E-state index contributed by atoms with van der Waals surface area (Å²) in [6.45, 7) is 9.03. The quantitative estimate of drug-likeness (QED) is 0.562. The fourth-order valence-electron chi connectivity index (χ4n) is 3.63. The van der Waals surface area contributed by atoms with E-state index in [1.54, 1.807) is 0 Å². The molecule has 0 bridgehead atoms. The number of nitrogens with zero attached hydrogens (tertiary/aromatic N) is 1. The van der Waals surface area contributed by atoms with Gasteiger partial charge in [-0.25, -0.2) is 4.79 Å². The van der Waals surface area contributed by atoms with Gasteiger partial charge in [0.25, 0.3) is 5.91 Å². The number of carbonyl (C=O) groups is 2. The number of thiophene rings is 1. The summed E-state index contributed by atoms with van der Waals surface area (Å²) in [5.41, 5.74) is 2.71. The van der Waals surface area contributed by atoms with Crippen molar-refractivity contribution in [3.63, 3.8) is 0 Å². The third kappa shape index (κ3) is 6.21. The highest BCUT2D eigenvalue weighted by molar-refractivity contribution is 7.17. The Kier molecular flexibility index (Phi) is 9.34. The number of ether oxygens (including phenoxy) is 2. The number of anilines is 1. The van der Waals surface area contributed by atoms with Crippen molar-refractivity contribution in [2.75, 3.05) is 32.1 Å². The third-order valence-electron chi connectivity index (χ3n) is 5.23. The van der Waals surface area contributed by atoms with Crippen molar-refractivity contribution < 1.29 is 19.1 Å². The molecule has 1 aliphatic rings. The van der Waals surface area contributed by atoms with E-state index in [1.807, 2.05) is 24.3 Å². The Morgan fingerprint density at radius 1 is 1.23 bits per heavy atom. The van der Waals surface area contributed by atoms with E-state index in [0.717, 1.165) is 42.9 Å². The second-order valence-electron chi connectivity index (χ2n) is 7.79. The SMILES string of the molecule is CCCN1CCc2c(sc(NC(=O)COc3ccc(C(C)C)cc3)c2C(=O)OC)C1.Cl. The number of rotatable bonds is 8. The number of hydrogen-bond acceptors (Lipinski definition) is 6. The van der Waals surface area contributed by atoms with Gasteiger partial charge in [-0.05, 0) is 48.6 Å². The van der Waals surface area contributed by atoms with Gasteiger partial charge in [-0.15, -0.1) is 23.7 Å². The highest BCUT2D eigenvalue weighted by Gasteiger charge is 2.29. The molecule has 1 aromatic heterocycles. The molecule has 6 nitrogen and oxygen atoms in total. The first-order chi connectivity index (χ1) is 14.4. The summed E-state index contributed by atoms with van der Waals surface area (Å²) in [6, 6.07) is 7.74. The van der Waals surface area contributed by atoms with Gasteiger partial charge in [-0.3, -0.25) is 9.69 Å². The van der Waals surface area contributed by atoms with Gasteiger partial charge in [-0.2, -0.15) is 0 Å². The van der Waals surface area contributed by atoms with Crippen LogP contribution in [0, 0.1) is 0 Å². The molecule has 170 valence electrons. The van der Waals surface area contributed by atoms with Crippen molar-refractivity contribution >= 4 is 40.6 Å². The molecule has 1 N–H and O–H groups in total. The van der Waals surface area contributed by atoms with E-state index in [4.69, 9.17) is 9.47 Å². The topological polar surface area (TPSA) is 67.9 Å². The average molecular weight is 467 g/mol. The summed E-state index contributed by atoms with van der Waals surface area (Å²) in [4.78, 5) is 28.4. The summed E-state index contributed by atoms with van der Waals surface area (Å²) in [7, 11) is 1.37. The predicted octanol–water partition coefficient (Wildman–Crippen LogP) is 4.87. The molecular formula is C23H31ClN2O4S. The second kappa shape index (κ2) is 11.5. The lowest BCUT2D eigenvalue weighted by Crippen LogP contribution is -2.30. The lowest BCUT2D eigenvalue weighted by Gasteiger charge is -2.26. The molecule has 3 rings (SSSR count). The molecule has 31 heavy (non-hydrogen) atoms. The van der Waals surface area contributed by atoms with Gasteiger partial charge in [0.1, 0.15) is 10.8 Å². The van der Waals surface area contributed by atoms with Crippen LogP contribution in [0.4, 0.5) is 5.00 Å². The van der Waals surface area contributed by atoms with Gasteiger partial charge in [-0.1, -0.05) is 32.9 Å². The summed E-state index contributed by atoms with van der Waals surface area (Å²) in [6.07, 6.45) is 1.87. The molecular weight excluding hydrogens is 436 g/mol. The average Bonchev–Trinajstić information content (AvgIpc) is 3.09. The first-order valence-corrected chi connectivity index (χ1v) is 11.2. The van der Waals surface area contributed by atoms with Crippen molar-refractivity contribution in [3.05, 3.63) is 45.8 Å².